The van der Waals surface area contributed by atoms with Crippen LogP contribution in [0.5, 0.6) is 5.75 Å². The van der Waals surface area contributed by atoms with E-state index in [-0.39, 0.29) is 18.7 Å². The van der Waals surface area contributed by atoms with Crippen LogP contribution in [0.1, 0.15) is 11.3 Å². The van der Waals surface area contributed by atoms with Gasteiger partial charge in [0.15, 0.2) is 0 Å². The molecular formula is C14H12N2O4. The molecule has 3 rings (SSSR count). The predicted molar refractivity (Wildman–Crippen MR) is 70.4 cm³/mol. The molecule has 0 aliphatic carbocycles. The number of rotatable bonds is 2. The van der Waals surface area contributed by atoms with Gasteiger partial charge in [0.2, 0.25) is 0 Å². The number of benzene rings is 1. The fourth-order valence-electron chi connectivity index (χ4n) is 2.38. The van der Waals surface area contributed by atoms with Crippen molar-refractivity contribution >= 4 is 5.69 Å². The van der Waals surface area contributed by atoms with Crippen molar-refractivity contribution in [1.82, 2.24) is 4.98 Å². The number of aliphatic hydroxyl groups is 1. The van der Waals surface area contributed by atoms with Crippen molar-refractivity contribution in [2.75, 3.05) is 6.61 Å². The minimum atomic E-state index is -1.35. The highest BCUT2D eigenvalue weighted by Crippen LogP contribution is 2.39. The van der Waals surface area contributed by atoms with Gasteiger partial charge >= 0.3 is 0 Å². The zero-order chi connectivity index (χ0) is 14.2. The summed E-state index contributed by atoms with van der Waals surface area (Å²) in [7, 11) is 0. The first-order valence-corrected chi connectivity index (χ1v) is 6.13. The minimum absolute atomic E-state index is 0.0260. The topological polar surface area (TPSA) is 85.5 Å². The Labute approximate surface area is 114 Å². The molecule has 1 aliphatic rings. The normalized spacial score (nSPS) is 20.9. The van der Waals surface area contributed by atoms with Gasteiger partial charge < -0.3 is 9.84 Å². The Morgan fingerprint density at radius 1 is 1.30 bits per heavy atom. The maximum atomic E-state index is 11.1. The molecule has 0 saturated heterocycles. The van der Waals surface area contributed by atoms with Gasteiger partial charge in [0.25, 0.3) is 5.69 Å². The zero-order valence-corrected chi connectivity index (χ0v) is 10.5. The van der Waals surface area contributed by atoms with Gasteiger partial charge in [0.1, 0.15) is 18.0 Å². The van der Waals surface area contributed by atoms with Crippen molar-refractivity contribution in [3.63, 3.8) is 0 Å². The summed E-state index contributed by atoms with van der Waals surface area (Å²) in [6, 6.07) is 9.83. The molecule has 1 aliphatic heterocycles. The van der Waals surface area contributed by atoms with Gasteiger partial charge in [-0.05, 0) is 18.2 Å². The zero-order valence-electron chi connectivity index (χ0n) is 10.5. The summed E-state index contributed by atoms with van der Waals surface area (Å²) >= 11 is 0. The second-order valence-corrected chi connectivity index (χ2v) is 4.72. The van der Waals surface area contributed by atoms with E-state index in [9.17, 15) is 15.2 Å². The lowest BCUT2D eigenvalue weighted by Gasteiger charge is -2.32. The molecule has 2 heterocycles. The van der Waals surface area contributed by atoms with Crippen LogP contribution in [-0.2, 0) is 12.0 Å². The van der Waals surface area contributed by atoms with Crippen molar-refractivity contribution in [3.05, 3.63) is 64.0 Å². The molecule has 0 saturated carbocycles. The van der Waals surface area contributed by atoms with Crippen molar-refractivity contribution in [2.45, 2.75) is 12.0 Å². The Kier molecular flexibility index (Phi) is 2.87. The minimum Gasteiger partial charge on any atom is -0.490 e. The molecule has 0 radical (unpaired) electrons. The maximum absolute atomic E-state index is 11.1. The first-order chi connectivity index (χ1) is 9.60. The van der Waals surface area contributed by atoms with Gasteiger partial charge in [-0.25, -0.2) is 0 Å². The summed E-state index contributed by atoms with van der Waals surface area (Å²) in [5, 5.41) is 21.8. The van der Waals surface area contributed by atoms with E-state index in [1.165, 1.54) is 6.07 Å². The smallest absolute Gasteiger partial charge is 0.276 e. The summed E-state index contributed by atoms with van der Waals surface area (Å²) < 4.78 is 5.49. The predicted octanol–water partition coefficient (Wildman–Crippen LogP) is 1.81. The van der Waals surface area contributed by atoms with E-state index < -0.39 is 10.5 Å². The lowest BCUT2D eigenvalue weighted by Crippen LogP contribution is -2.39. The van der Waals surface area contributed by atoms with Gasteiger partial charge in [0, 0.05) is 18.7 Å². The van der Waals surface area contributed by atoms with E-state index >= 15 is 0 Å². The van der Waals surface area contributed by atoms with E-state index in [0.717, 1.165) is 0 Å². The summed E-state index contributed by atoms with van der Waals surface area (Å²) in [4.78, 5) is 14.7. The number of fused-ring (bicyclic) bond motifs is 1. The van der Waals surface area contributed by atoms with Crippen LogP contribution >= 0.6 is 0 Å². The highest BCUT2D eigenvalue weighted by Gasteiger charge is 2.39. The van der Waals surface area contributed by atoms with Gasteiger partial charge in [-0.15, -0.1) is 0 Å². The molecule has 20 heavy (non-hydrogen) atoms. The number of nitrogens with zero attached hydrogens (tertiary/aromatic N) is 2. The third-order valence-corrected chi connectivity index (χ3v) is 3.38. The van der Waals surface area contributed by atoms with Crippen molar-refractivity contribution in [2.24, 2.45) is 0 Å². The highest BCUT2D eigenvalue weighted by molar-refractivity contribution is 5.51. The fraction of sp³-hybridized carbons (Fsp3) is 0.214. The van der Waals surface area contributed by atoms with Crippen molar-refractivity contribution in [3.8, 4) is 5.75 Å². The molecule has 1 unspecified atom stereocenters. The molecule has 6 nitrogen and oxygen atoms in total. The van der Waals surface area contributed by atoms with Crippen LogP contribution in [0.4, 0.5) is 5.69 Å². The quantitative estimate of drug-likeness (QED) is 0.665. The SMILES string of the molecule is O=[N+]([O-])c1cccc2c1CC(O)(c1ccccn1)CO2. The average molecular weight is 272 g/mol. The van der Waals surface area contributed by atoms with E-state index in [1.807, 2.05) is 0 Å². The summed E-state index contributed by atoms with van der Waals surface area (Å²) in [5.74, 6) is 0.444. The summed E-state index contributed by atoms with van der Waals surface area (Å²) in [6.45, 7) is 0.0260. The molecule has 102 valence electrons. The molecule has 0 fully saturated rings. The molecular weight excluding hydrogens is 260 g/mol. The lowest BCUT2D eigenvalue weighted by molar-refractivity contribution is -0.386. The third-order valence-electron chi connectivity index (χ3n) is 3.38. The Morgan fingerprint density at radius 2 is 2.15 bits per heavy atom. The number of hydrogen-bond donors (Lipinski definition) is 1. The monoisotopic (exact) mass is 272 g/mol. The number of nitro benzene ring substituents is 1. The third kappa shape index (κ3) is 2.00. The highest BCUT2D eigenvalue weighted by atomic mass is 16.6. The van der Waals surface area contributed by atoms with Crippen LogP contribution in [0.3, 0.4) is 0 Å². The molecule has 1 aromatic heterocycles. The molecule has 0 spiro atoms. The largest absolute Gasteiger partial charge is 0.490 e. The van der Waals surface area contributed by atoms with Crippen LogP contribution in [0.2, 0.25) is 0 Å². The van der Waals surface area contributed by atoms with E-state index in [0.29, 0.717) is 17.0 Å². The van der Waals surface area contributed by atoms with Crippen molar-refractivity contribution < 1.29 is 14.8 Å². The number of nitro groups is 1. The van der Waals surface area contributed by atoms with Gasteiger partial charge in [0.05, 0.1) is 16.2 Å². The molecule has 2 aromatic rings. The second kappa shape index (κ2) is 4.57. The molecule has 1 N–H and O–H groups in total. The summed E-state index contributed by atoms with van der Waals surface area (Å²) in [5.41, 5.74) is -0.544. The van der Waals surface area contributed by atoms with Crippen LogP contribution in [0, 0.1) is 10.1 Å². The summed E-state index contributed by atoms with van der Waals surface area (Å²) in [6.07, 6.45) is 1.68. The number of aromatic nitrogens is 1. The van der Waals surface area contributed by atoms with E-state index in [2.05, 4.69) is 4.98 Å². The van der Waals surface area contributed by atoms with E-state index in [1.54, 1.807) is 36.5 Å². The van der Waals surface area contributed by atoms with E-state index in [4.69, 9.17) is 4.74 Å². The Bertz CT molecular complexity index is 659. The molecule has 0 amide bonds. The Morgan fingerprint density at radius 3 is 2.85 bits per heavy atom. The lowest BCUT2D eigenvalue weighted by atomic mass is 9.88. The number of hydrogen-bond acceptors (Lipinski definition) is 5. The van der Waals surface area contributed by atoms with Crippen LogP contribution in [0.15, 0.2) is 42.6 Å². The first-order valence-electron chi connectivity index (χ1n) is 6.13. The van der Waals surface area contributed by atoms with Crippen molar-refractivity contribution in [1.29, 1.82) is 0 Å². The van der Waals surface area contributed by atoms with Gasteiger partial charge in [-0.3, -0.25) is 15.1 Å². The second-order valence-electron chi connectivity index (χ2n) is 4.72. The molecule has 1 atom stereocenters. The molecule has 0 bridgehead atoms. The number of pyridine rings is 1. The average Bonchev–Trinajstić information content (AvgIpc) is 2.47. The Hall–Kier alpha value is -2.47. The molecule has 1 aromatic carbocycles. The standard InChI is InChI=1S/C14H12N2O4/c17-14(13-6-1-2-7-15-13)8-10-11(16(18)19)4-3-5-12(10)20-9-14/h1-7,17H,8-9H2. The van der Waals surface area contributed by atoms with Gasteiger partial charge in [-0.1, -0.05) is 12.1 Å². The fourth-order valence-corrected chi connectivity index (χ4v) is 2.38. The van der Waals surface area contributed by atoms with Gasteiger partial charge in [-0.2, -0.15) is 0 Å². The van der Waals surface area contributed by atoms with Crippen LogP contribution < -0.4 is 4.74 Å². The Balaban J connectivity index is 2.05. The number of ether oxygens (including phenoxy) is 1. The first kappa shape index (κ1) is 12.6. The molecule has 6 heteroatoms. The van der Waals surface area contributed by atoms with Crippen LogP contribution in [-0.4, -0.2) is 21.6 Å². The maximum Gasteiger partial charge on any atom is 0.276 e. The van der Waals surface area contributed by atoms with Crippen LogP contribution in [0.25, 0.3) is 0 Å².